The maximum absolute atomic E-state index is 14.1. The summed E-state index contributed by atoms with van der Waals surface area (Å²) in [4.78, 5) is 55.7. The number of amides is 4. The van der Waals surface area contributed by atoms with Crippen molar-refractivity contribution in [3.8, 4) is 0 Å². The number of rotatable bonds is 12. The Morgan fingerprint density at radius 1 is 0.756 bits per heavy atom. The zero-order valence-electron chi connectivity index (χ0n) is 24.8. The molecule has 2 aliphatic rings. The van der Waals surface area contributed by atoms with Crippen LogP contribution in [0.1, 0.15) is 23.1 Å². The Morgan fingerprint density at radius 2 is 1.24 bits per heavy atom. The van der Waals surface area contributed by atoms with Gasteiger partial charge in [-0.3, -0.25) is 9.59 Å². The molecule has 2 aliphatic heterocycles. The summed E-state index contributed by atoms with van der Waals surface area (Å²) >= 11 is 0. The lowest BCUT2D eigenvalue weighted by Gasteiger charge is -2.25. The van der Waals surface area contributed by atoms with E-state index in [9.17, 15) is 23.6 Å². The van der Waals surface area contributed by atoms with Crippen molar-refractivity contribution in [3.63, 3.8) is 0 Å². The van der Waals surface area contributed by atoms with Gasteiger partial charge in [-0.25, -0.2) is 23.8 Å². The van der Waals surface area contributed by atoms with Crippen molar-refractivity contribution < 1.29 is 33.0 Å². The van der Waals surface area contributed by atoms with Crippen molar-refractivity contribution >= 4 is 24.0 Å². The van der Waals surface area contributed by atoms with Crippen LogP contribution in [0, 0.1) is 17.7 Å². The first-order chi connectivity index (χ1) is 21.8. The summed E-state index contributed by atoms with van der Waals surface area (Å²) in [6.45, 7) is 3.90. The lowest BCUT2D eigenvalue weighted by atomic mass is 9.93. The normalized spacial score (nSPS) is 19.3. The molecular formula is C36H35FN2O6. The summed E-state index contributed by atoms with van der Waals surface area (Å²) in [6.07, 6.45) is 4.35. The predicted molar refractivity (Wildman–Crippen MR) is 165 cm³/mol. The smallest absolute Gasteiger partial charge is 0.417 e. The Morgan fingerprint density at radius 3 is 1.76 bits per heavy atom. The van der Waals surface area contributed by atoms with Crippen LogP contribution in [0.15, 0.2) is 110 Å². The second-order valence-electron chi connectivity index (χ2n) is 11.2. The van der Waals surface area contributed by atoms with Crippen LogP contribution < -0.4 is 0 Å². The molecule has 0 unspecified atom stereocenters. The Balaban J connectivity index is 1.40. The highest BCUT2D eigenvalue weighted by atomic mass is 19.1. The van der Waals surface area contributed by atoms with Crippen LogP contribution in [-0.2, 0) is 38.3 Å². The number of carbonyl (C=O) groups excluding carboxylic acids is 4. The Labute approximate surface area is 261 Å². The lowest BCUT2D eigenvalue weighted by Crippen LogP contribution is -2.44. The van der Waals surface area contributed by atoms with Crippen LogP contribution in [-0.4, -0.2) is 59.1 Å². The number of allylic oxidation sites excluding steroid dienone is 1. The summed E-state index contributed by atoms with van der Waals surface area (Å²) in [7, 11) is 0. The number of hydrogen-bond acceptors (Lipinski definition) is 6. The number of hydrogen-bond donors (Lipinski definition) is 0. The number of benzene rings is 3. The number of imide groups is 2. The van der Waals surface area contributed by atoms with Gasteiger partial charge in [-0.2, -0.15) is 0 Å². The van der Waals surface area contributed by atoms with Gasteiger partial charge in [0, 0.05) is 0 Å². The standard InChI is InChI=1S/C36H35FN2O6/c1-2-10-28(33(40)38-31(23-44-35(38)42)21-25-11-5-3-6-12-25)17-18-29(19-27-15-9-16-30(37)20-27)34(41)39-32(24-45-36(39)43)22-26-13-7-4-8-14-26/h2-9,11-18,20,28-29,31-32H,1,10,19,21-24H2/b18-17+/t28-,29+,31-,32-/m0/s1. The van der Waals surface area contributed by atoms with Gasteiger partial charge in [-0.1, -0.05) is 91.0 Å². The zero-order chi connectivity index (χ0) is 31.8. The number of cyclic esters (lactones) is 2. The molecule has 5 rings (SSSR count). The molecule has 232 valence electrons. The number of halogens is 1. The topological polar surface area (TPSA) is 93.2 Å². The molecule has 0 saturated carbocycles. The average molecular weight is 611 g/mol. The van der Waals surface area contributed by atoms with E-state index in [1.807, 2.05) is 60.7 Å². The average Bonchev–Trinajstić information content (AvgIpc) is 3.59. The zero-order valence-corrected chi connectivity index (χ0v) is 24.8. The van der Waals surface area contributed by atoms with Crippen molar-refractivity contribution in [2.45, 2.75) is 37.8 Å². The van der Waals surface area contributed by atoms with E-state index in [2.05, 4.69) is 6.58 Å². The van der Waals surface area contributed by atoms with E-state index in [0.29, 0.717) is 18.4 Å². The molecule has 0 aromatic heterocycles. The molecule has 4 amide bonds. The maximum atomic E-state index is 14.1. The van der Waals surface area contributed by atoms with Gasteiger partial charge in [-0.05, 0) is 54.5 Å². The molecule has 0 N–H and O–H groups in total. The SMILES string of the molecule is C=CC[C@@H](/C=C/[C@H](Cc1cccc(F)c1)C(=O)N1C(=O)OC[C@@H]1Cc1ccccc1)C(=O)N1C(=O)OC[C@@H]1Cc1ccccc1. The highest BCUT2D eigenvalue weighted by molar-refractivity contribution is 5.97. The lowest BCUT2D eigenvalue weighted by molar-refractivity contribution is -0.133. The van der Waals surface area contributed by atoms with Gasteiger partial charge in [-0.15, -0.1) is 6.58 Å². The summed E-state index contributed by atoms with van der Waals surface area (Å²) < 4.78 is 24.7. The molecule has 45 heavy (non-hydrogen) atoms. The van der Waals surface area contributed by atoms with Crippen LogP contribution in [0.5, 0.6) is 0 Å². The predicted octanol–water partition coefficient (Wildman–Crippen LogP) is 5.91. The first-order valence-electron chi connectivity index (χ1n) is 14.9. The number of carbonyl (C=O) groups is 4. The fourth-order valence-corrected chi connectivity index (χ4v) is 5.76. The second-order valence-corrected chi connectivity index (χ2v) is 11.2. The van der Waals surface area contributed by atoms with Crippen molar-refractivity contribution in [3.05, 3.63) is 132 Å². The number of ether oxygens (including phenoxy) is 2. The third-order valence-corrected chi connectivity index (χ3v) is 8.00. The minimum atomic E-state index is -0.929. The summed E-state index contributed by atoms with van der Waals surface area (Å²) in [5.74, 6) is -3.22. The van der Waals surface area contributed by atoms with Gasteiger partial charge >= 0.3 is 12.2 Å². The first kappa shape index (κ1) is 31.4. The molecule has 0 radical (unpaired) electrons. The van der Waals surface area contributed by atoms with Crippen LogP contribution in [0.4, 0.5) is 14.0 Å². The Kier molecular flexibility index (Phi) is 10.2. The summed E-state index contributed by atoms with van der Waals surface area (Å²) in [6, 6.07) is 23.8. The molecule has 0 spiro atoms. The van der Waals surface area contributed by atoms with E-state index < -0.39 is 53.7 Å². The van der Waals surface area contributed by atoms with Crippen molar-refractivity contribution in [2.75, 3.05) is 13.2 Å². The molecule has 3 aromatic carbocycles. The molecule has 0 bridgehead atoms. The maximum Gasteiger partial charge on any atom is 0.417 e. The van der Waals surface area contributed by atoms with Gasteiger partial charge in [0.05, 0.1) is 23.9 Å². The minimum Gasteiger partial charge on any atom is -0.447 e. The van der Waals surface area contributed by atoms with E-state index in [4.69, 9.17) is 9.47 Å². The molecule has 9 heteroatoms. The van der Waals surface area contributed by atoms with Gasteiger partial charge < -0.3 is 9.47 Å². The van der Waals surface area contributed by atoms with Crippen LogP contribution >= 0.6 is 0 Å². The molecule has 3 aromatic rings. The van der Waals surface area contributed by atoms with Gasteiger partial charge in [0.25, 0.3) is 0 Å². The summed E-state index contributed by atoms with van der Waals surface area (Å²) in [5, 5.41) is 0. The quantitative estimate of drug-likeness (QED) is 0.237. The Hall–Kier alpha value is -5.05. The van der Waals surface area contributed by atoms with E-state index in [-0.39, 0.29) is 26.1 Å². The van der Waals surface area contributed by atoms with Gasteiger partial charge in [0.2, 0.25) is 11.8 Å². The number of nitrogens with zero attached hydrogens (tertiary/aromatic N) is 2. The second kappa shape index (κ2) is 14.6. The third-order valence-electron chi connectivity index (χ3n) is 8.00. The molecule has 4 atom stereocenters. The molecule has 0 aliphatic carbocycles. The van der Waals surface area contributed by atoms with E-state index in [1.54, 1.807) is 30.4 Å². The summed E-state index contributed by atoms with van der Waals surface area (Å²) in [5.41, 5.74) is 2.44. The molecule has 2 fully saturated rings. The van der Waals surface area contributed by atoms with Crippen LogP contribution in [0.25, 0.3) is 0 Å². The van der Waals surface area contributed by atoms with E-state index >= 15 is 0 Å². The van der Waals surface area contributed by atoms with Gasteiger partial charge in [0.15, 0.2) is 0 Å². The molecule has 8 nitrogen and oxygen atoms in total. The third kappa shape index (κ3) is 7.73. The van der Waals surface area contributed by atoms with E-state index in [0.717, 1.165) is 20.9 Å². The van der Waals surface area contributed by atoms with E-state index in [1.165, 1.54) is 12.1 Å². The van der Waals surface area contributed by atoms with Crippen LogP contribution in [0.2, 0.25) is 0 Å². The molecule has 2 heterocycles. The van der Waals surface area contributed by atoms with Crippen molar-refractivity contribution in [1.29, 1.82) is 0 Å². The fraction of sp³-hybridized carbons (Fsp3) is 0.278. The monoisotopic (exact) mass is 610 g/mol. The highest BCUT2D eigenvalue weighted by Gasteiger charge is 2.42. The van der Waals surface area contributed by atoms with Gasteiger partial charge in [0.1, 0.15) is 19.0 Å². The van der Waals surface area contributed by atoms with Crippen molar-refractivity contribution in [1.82, 2.24) is 9.80 Å². The van der Waals surface area contributed by atoms with Crippen LogP contribution in [0.3, 0.4) is 0 Å². The minimum absolute atomic E-state index is 0.0489. The van der Waals surface area contributed by atoms with Crippen molar-refractivity contribution in [2.24, 2.45) is 11.8 Å². The fourth-order valence-electron chi connectivity index (χ4n) is 5.76. The molecular weight excluding hydrogens is 575 g/mol. The molecule has 2 saturated heterocycles. The first-order valence-corrected chi connectivity index (χ1v) is 14.9. The Bertz CT molecular complexity index is 1560. The highest BCUT2D eigenvalue weighted by Crippen LogP contribution is 2.26. The largest absolute Gasteiger partial charge is 0.447 e.